The zero-order valence-electron chi connectivity index (χ0n) is 8.08. The third kappa shape index (κ3) is 2.14. The number of hydrogen-bond acceptors (Lipinski definition) is 2. The van der Waals surface area contributed by atoms with Crippen molar-refractivity contribution in [3.8, 4) is 0 Å². The molecule has 1 amide bonds. The van der Waals surface area contributed by atoms with Gasteiger partial charge in [-0.05, 0) is 44.0 Å². The largest absolute Gasteiger partial charge is 0.391 e. The number of halogens is 3. The topological polar surface area (TPSA) is 40.5 Å². The Kier molecular flexibility index (Phi) is 3.32. The number of amides is 1. The number of carbonyl (C=O) groups is 1. The second kappa shape index (κ2) is 4.43. The number of anilines is 1. The standard InChI is InChI=1S/C10H8Br2FNO2/c11-7-1-5(13)2-8(12)10(7)14-4-6(15)3-9(14)16/h1-2,6,15H,3-4H2. The minimum Gasteiger partial charge on any atom is -0.391 e. The summed E-state index contributed by atoms with van der Waals surface area (Å²) in [6.45, 7) is 0.238. The first-order valence-corrected chi connectivity index (χ1v) is 6.20. The number of carbonyl (C=O) groups excluding carboxylic acids is 1. The van der Waals surface area contributed by atoms with E-state index < -0.39 is 11.9 Å². The summed E-state index contributed by atoms with van der Waals surface area (Å²) in [6.07, 6.45) is -0.549. The van der Waals surface area contributed by atoms with Crippen LogP contribution < -0.4 is 4.90 Å². The molecule has 1 aliphatic rings. The molecule has 0 spiro atoms. The molecule has 1 aliphatic heterocycles. The van der Waals surface area contributed by atoms with Gasteiger partial charge in [-0.15, -0.1) is 0 Å². The predicted octanol–water partition coefficient (Wildman–Crippen LogP) is 2.45. The highest BCUT2D eigenvalue weighted by Gasteiger charge is 2.31. The van der Waals surface area contributed by atoms with E-state index >= 15 is 0 Å². The van der Waals surface area contributed by atoms with Gasteiger partial charge in [-0.1, -0.05) is 0 Å². The van der Waals surface area contributed by atoms with Crippen LogP contribution in [0.5, 0.6) is 0 Å². The van der Waals surface area contributed by atoms with Crippen LogP contribution in [0, 0.1) is 5.82 Å². The maximum absolute atomic E-state index is 13.1. The van der Waals surface area contributed by atoms with Crippen molar-refractivity contribution in [3.05, 3.63) is 26.9 Å². The zero-order valence-corrected chi connectivity index (χ0v) is 11.3. The van der Waals surface area contributed by atoms with E-state index in [1.165, 1.54) is 17.0 Å². The maximum atomic E-state index is 13.1. The van der Waals surface area contributed by atoms with Gasteiger partial charge in [0.05, 0.1) is 24.8 Å². The minimum absolute atomic E-state index is 0.107. The average Bonchev–Trinajstić information content (AvgIpc) is 2.43. The van der Waals surface area contributed by atoms with Crippen molar-refractivity contribution < 1.29 is 14.3 Å². The lowest BCUT2D eigenvalue weighted by atomic mass is 10.3. The van der Waals surface area contributed by atoms with E-state index in [2.05, 4.69) is 31.9 Å². The Labute approximate surface area is 109 Å². The maximum Gasteiger partial charge on any atom is 0.229 e. The highest BCUT2D eigenvalue weighted by molar-refractivity contribution is 9.11. The van der Waals surface area contributed by atoms with Crippen LogP contribution in [0.1, 0.15) is 6.42 Å². The number of benzene rings is 1. The van der Waals surface area contributed by atoms with Crippen molar-refractivity contribution in [1.82, 2.24) is 0 Å². The van der Waals surface area contributed by atoms with E-state index in [9.17, 15) is 14.3 Å². The normalized spacial score (nSPS) is 20.6. The molecule has 1 unspecified atom stereocenters. The molecule has 1 heterocycles. The van der Waals surface area contributed by atoms with E-state index in [0.717, 1.165) is 0 Å². The van der Waals surface area contributed by atoms with Crippen molar-refractivity contribution in [3.63, 3.8) is 0 Å². The molecule has 6 heteroatoms. The molecule has 1 aromatic rings. The molecule has 2 rings (SSSR count). The summed E-state index contributed by atoms with van der Waals surface area (Å²) in [6, 6.07) is 2.58. The van der Waals surface area contributed by atoms with Gasteiger partial charge < -0.3 is 10.0 Å². The van der Waals surface area contributed by atoms with E-state index in [-0.39, 0.29) is 18.9 Å². The molecule has 0 bridgehead atoms. The minimum atomic E-state index is -0.656. The van der Waals surface area contributed by atoms with Gasteiger partial charge in [-0.3, -0.25) is 4.79 Å². The Morgan fingerprint density at radius 1 is 1.38 bits per heavy atom. The molecule has 3 nitrogen and oxygen atoms in total. The van der Waals surface area contributed by atoms with Crippen molar-refractivity contribution in [2.24, 2.45) is 0 Å². The molecule has 0 aliphatic carbocycles. The zero-order chi connectivity index (χ0) is 11.9. The number of aliphatic hydroxyl groups is 1. The monoisotopic (exact) mass is 351 g/mol. The third-order valence-corrected chi connectivity index (χ3v) is 3.57. The average molecular weight is 353 g/mol. The first-order chi connectivity index (χ1) is 7.49. The lowest BCUT2D eigenvalue weighted by Gasteiger charge is -2.19. The summed E-state index contributed by atoms with van der Waals surface area (Å²) in [5.41, 5.74) is 0.558. The second-order valence-corrected chi connectivity index (χ2v) is 5.29. The molecule has 0 saturated carbocycles. The summed E-state index contributed by atoms with van der Waals surface area (Å²) in [7, 11) is 0. The smallest absolute Gasteiger partial charge is 0.229 e. The van der Waals surface area contributed by atoms with Crippen LogP contribution in [0.3, 0.4) is 0 Å². The summed E-state index contributed by atoms with van der Waals surface area (Å²) in [4.78, 5) is 13.0. The summed E-state index contributed by atoms with van der Waals surface area (Å²) in [5.74, 6) is -0.560. The number of nitrogens with zero attached hydrogens (tertiary/aromatic N) is 1. The SMILES string of the molecule is O=C1CC(O)CN1c1c(Br)cc(F)cc1Br. The summed E-state index contributed by atoms with van der Waals surface area (Å²) in [5, 5.41) is 9.40. The fraction of sp³-hybridized carbons (Fsp3) is 0.300. The molecule has 0 aromatic heterocycles. The molecule has 1 aromatic carbocycles. The summed E-state index contributed by atoms with van der Waals surface area (Å²) >= 11 is 6.42. The molecule has 1 N–H and O–H groups in total. The molecular weight excluding hydrogens is 345 g/mol. The van der Waals surface area contributed by atoms with E-state index in [1.54, 1.807) is 0 Å². The quantitative estimate of drug-likeness (QED) is 0.843. The van der Waals surface area contributed by atoms with Gasteiger partial charge in [-0.2, -0.15) is 0 Å². The molecule has 0 radical (unpaired) electrons. The van der Waals surface area contributed by atoms with Crippen LogP contribution in [0.4, 0.5) is 10.1 Å². The van der Waals surface area contributed by atoms with Crippen molar-refractivity contribution in [2.45, 2.75) is 12.5 Å². The summed E-state index contributed by atoms with van der Waals surface area (Å²) < 4.78 is 14.0. The van der Waals surface area contributed by atoms with Crippen LogP contribution in [0.25, 0.3) is 0 Å². The highest BCUT2D eigenvalue weighted by Crippen LogP contribution is 2.37. The van der Waals surface area contributed by atoms with E-state index in [0.29, 0.717) is 14.6 Å². The van der Waals surface area contributed by atoms with Gasteiger partial charge >= 0.3 is 0 Å². The fourth-order valence-electron chi connectivity index (χ4n) is 1.70. The van der Waals surface area contributed by atoms with Gasteiger partial charge in [-0.25, -0.2) is 4.39 Å². The Hall–Kier alpha value is -0.460. The van der Waals surface area contributed by atoms with Gasteiger partial charge in [0.15, 0.2) is 0 Å². The van der Waals surface area contributed by atoms with E-state index in [1.807, 2.05) is 0 Å². The third-order valence-electron chi connectivity index (χ3n) is 2.36. The predicted molar refractivity (Wildman–Crippen MR) is 64.8 cm³/mol. The number of hydrogen-bond donors (Lipinski definition) is 1. The van der Waals surface area contributed by atoms with Crippen molar-refractivity contribution in [2.75, 3.05) is 11.4 Å². The van der Waals surface area contributed by atoms with Gasteiger partial charge in [0, 0.05) is 8.95 Å². The van der Waals surface area contributed by atoms with Crippen LogP contribution in [0.2, 0.25) is 0 Å². The van der Waals surface area contributed by atoms with E-state index in [4.69, 9.17) is 0 Å². The Morgan fingerprint density at radius 3 is 2.38 bits per heavy atom. The van der Waals surface area contributed by atoms with Crippen LogP contribution in [0.15, 0.2) is 21.1 Å². The molecule has 86 valence electrons. The number of β-amino-alcohol motifs (C(OH)–C–C–N with tert-alkyl or cyclic N) is 1. The molecule has 1 atom stereocenters. The number of rotatable bonds is 1. The molecule has 1 saturated heterocycles. The lowest BCUT2D eigenvalue weighted by molar-refractivity contribution is -0.117. The second-order valence-electron chi connectivity index (χ2n) is 3.58. The Balaban J connectivity index is 2.44. The molecule has 1 fully saturated rings. The van der Waals surface area contributed by atoms with Crippen LogP contribution in [-0.2, 0) is 4.79 Å². The van der Waals surface area contributed by atoms with Crippen LogP contribution in [-0.4, -0.2) is 23.7 Å². The van der Waals surface area contributed by atoms with Crippen molar-refractivity contribution in [1.29, 1.82) is 0 Å². The van der Waals surface area contributed by atoms with Gasteiger partial charge in [0.1, 0.15) is 5.82 Å². The van der Waals surface area contributed by atoms with Gasteiger partial charge in [0.25, 0.3) is 0 Å². The number of aliphatic hydroxyl groups excluding tert-OH is 1. The van der Waals surface area contributed by atoms with Crippen molar-refractivity contribution >= 4 is 43.5 Å². The first-order valence-electron chi connectivity index (χ1n) is 4.62. The molecule has 16 heavy (non-hydrogen) atoms. The first kappa shape index (κ1) is 12.0. The molecular formula is C10H8Br2FNO2. The Morgan fingerprint density at radius 2 is 1.94 bits per heavy atom. The lowest BCUT2D eigenvalue weighted by Crippen LogP contribution is -2.26. The Bertz CT molecular complexity index is 429. The van der Waals surface area contributed by atoms with Gasteiger partial charge in [0.2, 0.25) is 5.91 Å². The fourth-order valence-corrected chi connectivity index (χ4v) is 3.26. The van der Waals surface area contributed by atoms with Crippen LogP contribution >= 0.6 is 31.9 Å². The highest BCUT2D eigenvalue weighted by atomic mass is 79.9.